The summed E-state index contributed by atoms with van der Waals surface area (Å²) in [5.41, 5.74) is 12.5. The number of rotatable bonds is 4. The highest BCUT2D eigenvalue weighted by atomic mass is 35.5. The summed E-state index contributed by atoms with van der Waals surface area (Å²) in [4.78, 5) is 58.6. The van der Waals surface area contributed by atoms with Crippen LogP contribution in [0.15, 0.2) is 70.7 Å². The number of nitrogens with one attached hydrogen (secondary N) is 2. The molecule has 1 aliphatic heterocycles. The fourth-order valence-electron chi connectivity index (χ4n) is 6.56. The number of aryl methyl sites for hydroxylation is 1. The van der Waals surface area contributed by atoms with Crippen molar-refractivity contribution in [3.05, 3.63) is 115 Å². The van der Waals surface area contributed by atoms with Crippen molar-refractivity contribution in [3.63, 3.8) is 0 Å². The van der Waals surface area contributed by atoms with Crippen molar-refractivity contribution in [2.75, 3.05) is 11.1 Å². The predicted molar refractivity (Wildman–Crippen MR) is 193 cm³/mol. The Balaban J connectivity index is 0.000000152. The number of anilines is 2. The molecule has 0 fully saturated rings. The normalized spacial score (nSPS) is 16.2. The van der Waals surface area contributed by atoms with Gasteiger partial charge in [0, 0.05) is 33.7 Å². The third-order valence-corrected chi connectivity index (χ3v) is 9.74. The van der Waals surface area contributed by atoms with Gasteiger partial charge in [-0.1, -0.05) is 18.9 Å². The molecule has 0 radical (unpaired) electrons. The highest BCUT2D eigenvalue weighted by Crippen LogP contribution is 2.44. The molecule has 0 saturated heterocycles. The number of nitrogens with two attached hydrogens (primary N) is 1. The molecule has 8 N–H and O–H groups in total. The van der Waals surface area contributed by atoms with Crippen LogP contribution in [0.5, 0.6) is 0 Å². The Morgan fingerprint density at radius 3 is 1.94 bits per heavy atom. The molecule has 1 atom stereocenters. The summed E-state index contributed by atoms with van der Waals surface area (Å²) in [7, 11) is 0. The van der Waals surface area contributed by atoms with Crippen LogP contribution in [0.1, 0.15) is 115 Å². The van der Waals surface area contributed by atoms with Crippen LogP contribution in [0.2, 0.25) is 0 Å². The summed E-state index contributed by atoms with van der Waals surface area (Å²) in [5.74, 6) is -4.19. The van der Waals surface area contributed by atoms with E-state index >= 15 is 0 Å². The Morgan fingerprint density at radius 2 is 1.27 bits per heavy atom. The second-order valence-corrected chi connectivity index (χ2v) is 13.0. The Bertz CT molecular complexity index is 2120. The Kier molecular flexibility index (Phi) is 11.5. The number of benzene rings is 3. The fourth-order valence-corrected chi connectivity index (χ4v) is 6.99. The number of hydrogen-bond acceptors (Lipinski definition) is 7. The van der Waals surface area contributed by atoms with Crippen molar-refractivity contribution in [2.45, 2.75) is 69.6 Å². The van der Waals surface area contributed by atoms with Crippen LogP contribution >= 0.6 is 11.6 Å². The van der Waals surface area contributed by atoms with Gasteiger partial charge in [0.2, 0.25) is 0 Å². The number of alkyl halides is 1. The minimum atomic E-state index is -1.17. The minimum absolute atomic E-state index is 0.0255. The first-order valence-corrected chi connectivity index (χ1v) is 17.1. The van der Waals surface area contributed by atoms with E-state index in [0.29, 0.717) is 16.5 Å². The monoisotopic (exact) mass is 715 g/mol. The lowest BCUT2D eigenvalue weighted by molar-refractivity contribution is 0.0682. The summed E-state index contributed by atoms with van der Waals surface area (Å²) < 4.78 is 0. The number of aromatic amines is 1. The molecule has 1 unspecified atom stereocenters. The Morgan fingerprint density at radius 1 is 0.686 bits per heavy atom. The van der Waals surface area contributed by atoms with E-state index in [2.05, 4.69) is 10.3 Å². The Labute approximate surface area is 297 Å². The zero-order chi connectivity index (χ0) is 36.8. The third kappa shape index (κ3) is 8.41. The van der Waals surface area contributed by atoms with E-state index in [1.54, 1.807) is 24.3 Å². The molecule has 0 spiro atoms. The first-order valence-electron chi connectivity index (χ1n) is 16.6. The van der Waals surface area contributed by atoms with Gasteiger partial charge in [0.25, 0.3) is 0 Å². The number of aromatic carboxylic acids is 4. The summed E-state index contributed by atoms with van der Waals surface area (Å²) in [6.45, 7) is 0. The van der Waals surface area contributed by atoms with Gasteiger partial charge in [-0.15, -0.1) is 11.6 Å². The van der Waals surface area contributed by atoms with Gasteiger partial charge < -0.3 is 36.5 Å². The van der Waals surface area contributed by atoms with Gasteiger partial charge >= 0.3 is 23.9 Å². The van der Waals surface area contributed by atoms with Gasteiger partial charge in [-0.3, -0.25) is 4.79 Å². The Hall–Kier alpha value is -5.62. The second-order valence-electron chi connectivity index (χ2n) is 12.6. The summed E-state index contributed by atoms with van der Waals surface area (Å²) >= 11 is 6.58. The van der Waals surface area contributed by atoms with Crippen molar-refractivity contribution in [2.24, 2.45) is 0 Å². The first-order chi connectivity index (χ1) is 24.3. The number of carbonyl (C=O) groups is 4. The smallest absolute Gasteiger partial charge is 0.337 e. The fraction of sp³-hybridized carbons (Fsp3) is 0.289. The number of pyridine rings is 1. The van der Waals surface area contributed by atoms with E-state index in [1.165, 1.54) is 48.7 Å². The van der Waals surface area contributed by atoms with Crippen molar-refractivity contribution in [1.29, 1.82) is 0 Å². The molecule has 1 aromatic heterocycles. The number of carboxylic acids is 4. The van der Waals surface area contributed by atoms with Crippen molar-refractivity contribution < 1.29 is 39.6 Å². The number of hydrogen-bond donors (Lipinski definition) is 7. The number of fused-ring (bicyclic) bond motifs is 3. The number of carboxylic acid groups (broad SMARTS) is 4. The maximum atomic E-state index is 12.4. The highest BCUT2D eigenvalue weighted by molar-refractivity contribution is 6.23. The molecule has 51 heavy (non-hydrogen) atoms. The van der Waals surface area contributed by atoms with Crippen molar-refractivity contribution >= 4 is 57.8 Å². The minimum Gasteiger partial charge on any atom is -0.478 e. The second kappa shape index (κ2) is 15.9. The molecule has 266 valence electrons. The quantitative estimate of drug-likeness (QED) is 0.0624. The lowest BCUT2D eigenvalue weighted by Crippen LogP contribution is -2.15. The van der Waals surface area contributed by atoms with Crippen LogP contribution in [0, 0.1) is 0 Å². The molecule has 2 heterocycles. The van der Waals surface area contributed by atoms with E-state index in [9.17, 15) is 24.0 Å². The molecule has 13 heteroatoms. The van der Waals surface area contributed by atoms with E-state index in [1.807, 2.05) is 6.07 Å². The topological polar surface area (TPSA) is 220 Å². The van der Waals surface area contributed by atoms with E-state index in [4.69, 9.17) is 37.8 Å². The zero-order valence-electron chi connectivity index (χ0n) is 27.6. The van der Waals surface area contributed by atoms with Gasteiger partial charge in [0.1, 0.15) is 0 Å². The summed E-state index contributed by atoms with van der Waals surface area (Å²) in [5, 5.41) is 39.0. The van der Waals surface area contributed by atoms with Crippen LogP contribution in [-0.2, 0) is 12.8 Å². The maximum Gasteiger partial charge on any atom is 0.337 e. The van der Waals surface area contributed by atoms with E-state index in [0.717, 1.165) is 73.5 Å². The molecule has 3 aromatic carbocycles. The molecule has 0 amide bonds. The molecular weight excluding hydrogens is 678 g/mol. The first kappa shape index (κ1) is 36.7. The van der Waals surface area contributed by atoms with Crippen molar-refractivity contribution in [3.8, 4) is 0 Å². The summed E-state index contributed by atoms with van der Waals surface area (Å²) in [6, 6.07) is 13.3. The molecule has 4 aromatic rings. The van der Waals surface area contributed by atoms with Crippen LogP contribution < -0.4 is 16.5 Å². The van der Waals surface area contributed by atoms with Gasteiger partial charge in [-0.25, -0.2) is 19.2 Å². The van der Waals surface area contributed by atoms with E-state index in [-0.39, 0.29) is 33.2 Å². The van der Waals surface area contributed by atoms with Crippen LogP contribution in [-0.4, -0.2) is 49.3 Å². The SMILES string of the molecule is Nc1cc(C(=O)O)ccc1C(=O)O.O=C(O)c1ccc2c(=O)c3c([nH]c2c1)CCCCC3.O=C(O)c1ccc2c(c1)NC1=C(CCCCC1)C2Cl. The molecular formula is C38H38ClN3O9. The number of nitrogen functional groups attached to an aromatic ring is 1. The van der Waals surface area contributed by atoms with Gasteiger partial charge in [0.15, 0.2) is 5.43 Å². The lowest BCUT2D eigenvalue weighted by atomic mass is 9.93. The highest BCUT2D eigenvalue weighted by Gasteiger charge is 2.27. The molecule has 3 aliphatic rings. The third-order valence-electron chi connectivity index (χ3n) is 9.24. The molecule has 0 bridgehead atoms. The molecule has 7 rings (SSSR count). The van der Waals surface area contributed by atoms with Crippen LogP contribution in [0.25, 0.3) is 10.9 Å². The number of allylic oxidation sites excluding steroid dienone is 2. The zero-order valence-corrected chi connectivity index (χ0v) is 28.4. The van der Waals surface area contributed by atoms with Crippen molar-refractivity contribution in [1.82, 2.24) is 4.98 Å². The lowest BCUT2D eigenvalue weighted by Gasteiger charge is -2.28. The van der Waals surface area contributed by atoms with Gasteiger partial charge in [0.05, 0.1) is 33.1 Å². The predicted octanol–water partition coefficient (Wildman–Crippen LogP) is 7.47. The van der Waals surface area contributed by atoms with Crippen LogP contribution in [0.3, 0.4) is 0 Å². The largest absolute Gasteiger partial charge is 0.478 e. The number of halogens is 1. The van der Waals surface area contributed by atoms with Gasteiger partial charge in [-0.05, 0) is 111 Å². The number of H-pyrrole nitrogens is 1. The average Bonchev–Trinajstić information content (AvgIpc) is 3.49. The number of aromatic nitrogens is 1. The van der Waals surface area contributed by atoms with E-state index < -0.39 is 23.9 Å². The van der Waals surface area contributed by atoms with Gasteiger partial charge in [-0.2, -0.15) is 0 Å². The molecule has 2 aliphatic carbocycles. The van der Waals surface area contributed by atoms with Crippen LogP contribution in [0.4, 0.5) is 11.4 Å². The molecule has 12 nitrogen and oxygen atoms in total. The standard InChI is InChI=1S/C15H16ClNO2.C15H15NO3.C8H7NO4/c16-14-10-4-2-1-3-5-12(10)17-13-8-9(15(18)19)6-7-11(13)14;17-14-10-4-2-1-3-5-12(10)16-13-8-9(15(18)19)6-7-11(13)14;9-6-3-4(7(10)11)1-2-5(6)8(12)13/h6-8,14,17H,1-5H2,(H,18,19);6-8H,1-5H2,(H,16,17)(H,18,19);1-3H,9H2,(H,10,11)(H,12,13). The maximum absolute atomic E-state index is 12.4. The summed E-state index contributed by atoms with van der Waals surface area (Å²) in [6.07, 6.45) is 10.6. The molecule has 0 saturated carbocycles. The average molecular weight is 716 g/mol.